The second-order valence-electron chi connectivity index (χ2n) is 6.36. The Morgan fingerprint density at radius 2 is 1.50 bits per heavy atom. The number of unbranched alkanes of at least 4 members (excludes halogenated alkanes) is 2. The third-order valence-electron chi connectivity index (χ3n) is 4.13. The van der Waals surface area contributed by atoms with Gasteiger partial charge in [-0.15, -0.1) is 0 Å². The Hall–Kier alpha value is -2.86. The molecule has 0 radical (unpaired) electrons. The number of ether oxygens (including phenoxy) is 2. The molecule has 0 saturated carbocycles. The molecule has 150 valence electrons. The first-order valence-corrected chi connectivity index (χ1v) is 9.55. The molecule has 0 atom stereocenters. The van der Waals surface area contributed by atoms with E-state index < -0.39 is 0 Å². The Morgan fingerprint density at radius 3 is 2.14 bits per heavy atom. The average Bonchev–Trinajstić information content (AvgIpc) is 2.72. The molecule has 28 heavy (non-hydrogen) atoms. The van der Waals surface area contributed by atoms with Crippen molar-refractivity contribution >= 4 is 17.5 Å². The molecule has 0 aromatic heterocycles. The van der Waals surface area contributed by atoms with E-state index in [-0.39, 0.29) is 11.8 Å². The van der Waals surface area contributed by atoms with E-state index in [2.05, 4.69) is 17.6 Å². The van der Waals surface area contributed by atoms with Gasteiger partial charge in [0.1, 0.15) is 5.75 Å². The highest BCUT2D eigenvalue weighted by atomic mass is 16.5. The average molecular weight is 384 g/mol. The number of carbonyl (C=O) groups excluding carboxylic acids is 2. The molecule has 2 aromatic rings. The largest absolute Gasteiger partial charge is 0.494 e. The number of carbonyl (C=O) groups is 2. The van der Waals surface area contributed by atoms with Crippen LogP contribution in [-0.4, -0.2) is 38.7 Å². The highest BCUT2D eigenvalue weighted by Gasteiger charge is 2.08. The van der Waals surface area contributed by atoms with Crippen molar-refractivity contribution < 1.29 is 19.1 Å². The van der Waals surface area contributed by atoms with Crippen LogP contribution in [0.25, 0.3) is 0 Å². The number of anilines is 1. The van der Waals surface area contributed by atoms with Crippen molar-refractivity contribution in [3.8, 4) is 5.75 Å². The van der Waals surface area contributed by atoms with E-state index in [9.17, 15) is 9.59 Å². The minimum absolute atomic E-state index is 0.176. The van der Waals surface area contributed by atoms with Crippen molar-refractivity contribution in [1.82, 2.24) is 5.32 Å². The molecular weight excluding hydrogens is 356 g/mol. The van der Waals surface area contributed by atoms with Crippen LogP contribution in [0.2, 0.25) is 0 Å². The van der Waals surface area contributed by atoms with Gasteiger partial charge in [0.15, 0.2) is 0 Å². The second-order valence-corrected chi connectivity index (χ2v) is 6.36. The van der Waals surface area contributed by atoms with Gasteiger partial charge in [-0.3, -0.25) is 9.59 Å². The predicted molar refractivity (Wildman–Crippen MR) is 110 cm³/mol. The first-order chi connectivity index (χ1) is 13.6. The summed E-state index contributed by atoms with van der Waals surface area (Å²) in [6.07, 6.45) is 3.33. The molecule has 2 amide bonds. The summed E-state index contributed by atoms with van der Waals surface area (Å²) < 4.78 is 10.6. The van der Waals surface area contributed by atoms with E-state index in [1.165, 1.54) is 0 Å². The summed E-state index contributed by atoms with van der Waals surface area (Å²) in [4.78, 5) is 24.3. The first-order valence-electron chi connectivity index (χ1n) is 9.55. The van der Waals surface area contributed by atoms with Crippen LogP contribution < -0.4 is 15.4 Å². The normalized spacial score (nSPS) is 10.4. The summed E-state index contributed by atoms with van der Waals surface area (Å²) in [5.41, 5.74) is 1.69. The molecule has 6 nitrogen and oxygen atoms in total. The van der Waals surface area contributed by atoms with E-state index in [1.807, 2.05) is 0 Å². The molecule has 2 rings (SSSR count). The molecule has 0 aliphatic rings. The Kier molecular flexibility index (Phi) is 9.01. The zero-order valence-electron chi connectivity index (χ0n) is 16.5. The molecule has 0 fully saturated rings. The van der Waals surface area contributed by atoms with E-state index in [1.54, 1.807) is 55.6 Å². The molecular formula is C22H28N2O4. The van der Waals surface area contributed by atoms with Crippen LogP contribution in [0.4, 0.5) is 5.69 Å². The summed E-state index contributed by atoms with van der Waals surface area (Å²) in [6.45, 7) is 3.75. The summed E-state index contributed by atoms with van der Waals surface area (Å²) in [7, 11) is 1.58. The fourth-order valence-electron chi connectivity index (χ4n) is 2.52. The lowest BCUT2D eigenvalue weighted by molar-refractivity contribution is 0.0936. The highest BCUT2D eigenvalue weighted by Crippen LogP contribution is 2.15. The number of nitrogens with one attached hydrogen (secondary N) is 2. The number of amides is 2. The maximum atomic E-state index is 12.4. The summed E-state index contributed by atoms with van der Waals surface area (Å²) in [6, 6.07) is 13.8. The zero-order valence-corrected chi connectivity index (χ0v) is 16.5. The molecule has 0 saturated heterocycles. The molecule has 6 heteroatoms. The minimum atomic E-state index is -0.213. The second kappa shape index (κ2) is 11.8. The van der Waals surface area contributed by atoms with Crippen molar-refractivity contribution in [2.75, 3.05) is 32.2 Å². The van der Waals surface area contributed by atoms with Crippen molar-refractivity contribution in [2.45, 2.75) is 26.2 Å². The SMILES string of the molecule is CCCCCOc1ccc(C(=O)Nc2ccc(C(=O)NCCOC)cc2)cc1. The van der Waals surface area contributed by atoms with Gasteiger partial charge in [0.2, 0.25) is 0 Å². The van der Waals surface area contributed by atoms with Crippen LogP contribution >= 0.6 is 0 Å². The smallest absolute Gasteiger partial charge is 0.255 e. The fraction of sp³-hybridized carbons (Fsp3) is 0.364. The quantitative estimate of drug-likeness (QED) is 0.577. The lowest BCUT2D eigenvalue weighted by atomic mass is 10.1. The maximum Gasteiger partial charge on any atom is 0.255 e. The van der Waals surface area contributed by atoms with Crippen LogP contribution in [0.1, 0.15) is 46.9 Å². The number of rotatable bonds is 11. The Bertz CT molecular complexity index is 742. The predicted octanol–water partition coefficient (Wildman–Crippen LogP) is 3.88. The zero-order chi connectivity index (χ0) is 20.2. The number of hydrogen-bond donors (Lipinski definition) is 2. The molecule has 0 heterocycles. The van der Waals surface area contributed by atoms with Crippen LogP contribution in [0, 0.1) is 0 Å². The molecule has 0 bridgehead atoms. The van der Waals surface area contributed by atoms with Gasteiger partial charge < -0.3 is 20.1 Å². The lowest BCUT2D eigenvalue weighted by Crippen LogP contribution is -2.26. The van der Waals surface area contributed by atoms with Crippen molar-refractivity contribution in [3.63, 3.8) is 0 Å². The van der Waals surface area contributed by atoms with Gasteiger partial charge in [0, 0.05) is 30.5 Å². The molecule has 0 spiro atoms. The minimum Gasteiger partial charge on any atom is -0.494 e. The van der Waals surface area contributed by atoms with E-state index >= 15 is 0 Å². The third kappa shape index (κ3) is 7.04. The Labute approximate surface area is 166 Å². The number of hydrogen-bond acceptors (Lipinski definition) is 4. The molecule has 0 unspecified atom stereocenters. The van der Waals surface area contributed by atoms with Crippen LogP contribution in [0.3, 0.4) is 0 Å². The van der Waals surface area contributed by atoms with Crippen molar-refractivity contribution in [3.05, 3.63) is 59.7 Å². The van der Waals surface area contributed by atoms with Gasteiger partial charge in [-0.1, -0.05) is 19.8 Å². The Morgan fingerprint density at radius 1 is 0.857 bits per heavy atom. The fourth-order valence-corrected chi connectivity index (χ4v) is 2.52. The van der Waals surface area contributed by atoms with Crippen molar-refractivity contribution in [1.29, 1.82) is 0 Å². The third-order valence-corrected chi connectivity index (χ3v) is 4.13. The lowest BCUT2D eigenvalue weighted by Gasteiger charge is -2.09. The topological polar surface area (TPSA) is 76.7 Å². The van der Waals surface area contributed by atoms with Crippen molar-refractivity contribution in [2.24, 2.45) is 0 Å². The van der Waals surface area contributed by atoms with Gasteiger partial charge in [-0.2, -0.15) is 0 Å². The van der Waals surface area contributed by atoms with Gasteiger partial charge >= 0.3 is 0 Å². The van der Waals surface area contributed by atoms with Gasteiger partial charge in [0.25, 0.3) is 11.8 Å². The molecule has 2 N–H and O–H groups in total. The summed E-state index contributed by atoms with van der Waals surface area (Å²) in [5, 5.41) is 5.57. The standard InChI is InChI=1S/C22H28N2O4/c1-3-4-5-15-28-20-12-8-18(9-13-20)22(26)24-19-10-6-17(7-11-19)21(25)23-14-16-27-2/h6-13H,3-5,14-16H2,1-2H3,(H,23,25)(H,24,26). The number of methoxy groups -OCH3 is 1. The highest BCUT2D eigenvalue weighted by molar-refractivity contribution is 6.04. The summed E-state index contributed by atoms with van der Waals surface area (Å²) >= 11 is 0. The number of benzene rings is 2. The molecule has 0 aliphatic heterocycles. The van der Waals surface area contributed by atoms with E-state index in [4.69, 9.17) is 9.47 Å². The Balaban J connectivity index is 1.85. The monoisotopic (exact) mass is 384 g/mol. The van der Waals surface area contributed by atoms with Gasteiger partial charge in [-0.25, -0.2) is 0 Å². The van der Waals surface area contributed by atoms with Gasteiger partial charge in [0.05, 0.1) is 13.2 Å². The van der Waals surface area contributed by atoms with Crippen LogP contribution in [0.15, 0.2) is 48.5 Å². The van der Waals surface area contributed by atoms with E-state index in [0.29, 0.717) is 36.6 Å². The van der Waals surface area contributed by atoms with Gasteiger partial charge in [-0.05, 0) is 55.0 Å². The summed E-state index contributed by atoms with van der Waals surface area (Å²) in [5.74, 6) is 0.371. The van der Waals surface area contributed by atoms with Crippen LogP contribution in [0.5, 0.6) is 5.75 Å². The molecule has 0 aliphatic carbocycles. The maximum absolute atomic E-state index is 12.4. The molecule has 2 aromatic carbocycles. The van der Waals surface area contributed by atoms with E-state index in [0.717, 1.165) is 25.0 Å². The van der Waals surface area contributed by atoms with Crippen LogP contribution in [-0.2, 0) is 4.74 Å². The first kappa shape index (κ1) is 21.4.